The van der Waals surface area contributed by atoms with Crippen LogP contribution in [-0.4, -0.2) is 44.2 Å². The maximum atomic E-state index is 13.7. The molecule has 39 heavy (non-hydrogen) atoms. The molecule has 198 valence electrons. The molecule has 0 atom stereocenters. The summed E-state index contributed by atoms with van der Waals surface area (Å²) in [7, 11) is 0. The fourth-order valence-electron chi connectivity index (χ4n) is 5.36. The Balaban J connectivity index is 1.02. The molecule has 1 aliphatic heterocycles. The fraction of sp³-hybridized carbons (Fsp3) is 0.233. The number of benzene rings is 2. The second kappa shape index (κ2) is 10.3. The van der Waals surface area contributed by atoms with Gasteiger partial charge in [-0.1, -0.05) is 12.1 Å². The van der Waals surface area contributed by atoms with Gasteiger partial charge in [-0.15, -0.1) is 0 Å². The minimum absolute atomic E-state index is 0.104. The molecule has 3 aromatic heterocycles. The Kier molecular flexibility index (Phi) is 6.56. The summed E-state index contributed by atoms with van der Waals surface area (Å²) in [6, 6.07) is 15.3. The van der Waals surface area contributed by atoms with Gasteiger partial charge in [-0.2, -0.15) is 0 Å². The Morgan fingerprint density at radius 2 is 1.77 bits per heavy atom. The highest BCUT2D eigenvalue weighted by Crippen LogP contribution is 2.30. The van der Waals surface area contributed by atoms with E-state index in [2.05, 4.69) is 15.3 Å². The van der Waals surface area contributed by atoms with Crippen LogP contribution >= 0.6 is 0 Å². The number of aromatic nitrogens is 3. The molecule has 1 aliphatic rings. The zero-order chi connectivity index (χ0) is 26.9. The summed E-state index contributed by atoms with van der Waals surface area (Å²) in [6.07, 6.45) is 7.03. The number of nitrogens with zero attached hydrogens (tertiary/aromatic N) is 3. The van der Waals surface area contributed by atoms with E-state index < -0.39 is 5.82 Å². The summed E-state index contributed by atoms with van der Waals surface area (Å²) >= 11 is 0. The first-order valence-corrected chi connectivity index (χ1v) is 13.0. The third kappa shape index (κ3) is 5.12. The van der Waals surface area contributed by atoms with Gasteiger partial charge in [-0.3, -0.25) is 14.0 Å². The SMILES string of the molecule is O=C(CCc1c[nH]c2ccc(F)cc12)Nc1ccc(C2CCN(C(=O)c3cnc4ccc(F)cn34)CC2)cc1. The van der Waals surface area contributed by atoms with Crippen molar-refractivity contribution in [2.45, 2.75) is 31.6 Å². The van der Waals surface area contributed by atoms with Gasteiger partial charge in [0, 0.05) is 48.5 Å². The van der Waals surface area contributed by atoms with Crippen LogP contribution in [0.1, 0.15) is 46.8 Å². The average molecular weight is 528 g/mol. The number of fused-ring (bicyclic) bond motifs is 2. The molecule has 4 heterocycles. The first kappa shape index (κ1) is 24.8. The van der Waals surface area contributed by atoms with Gasteiger partial charge in [0.25, 0.3) is 5.91 Å². The van der Waals surface area contributed by atoms with Gasteiger partial charge in [0.1, 0.15) is 23.0 Å². The van der Waals surface area contributed by atoms with Crippen LogP contribution in [0.15, 0.2) is 73.2 Å². The van der Waals surface area contributed by atoms with Crippen molar-refractivity contribution in [3.63, 3.8) is 0 Å². The van der Waals surface area contributed by atoms with Crippen molar-refractivity contribution in [3.8, 4) is 0 Å². The van der Waals surface area contributed by atoms with Gasteiger partial charge in [0.05, 0.1) is 6.20 Å². The lowest BCUT2D eigenvalue weighted by Crippen LogP contribution is -2.38. The van der Waals surface area contributed by atoms with Crippen LogP contribution in [0.25, 0.3) is 16.6 Å². The summed E-state index contributed by atoms with van der Waals surface area (Å²) in [5, 5.41) is 3.74. The highest BCUT2D eigenvalue weighted by atomic mass is 19.1. The zero-order valence-corrected chi connectivity index (χ0v) is 21.2. The Labute approximate surface area is 223 Å². The number of piperidine rings is 1. The van der Waals surface area contributed by atoms with Gasteiger partial charge >= 0.3 is 0 Å². The lowest BCUT2D eigenvalue weighted by atomic mass is 9.89. The van der Waals surface area contributed by atoms with Crippen molar-refractivity contribution in [2.75, 3.05) is 18.4 Å². The van der Waals surface area contributed by atoms with Crippen LogP contribution in [0.2, 0.25) is 0 Å². The summed E-state index contributed by atoms with van der Waals surface area (Å²) in [6.45, 7) is 1.20. The van der Waals surface area contributed by atoms with Crippen molar-refractivity contribution in [3.05, 3.63) is 102 Å². The summed E-state index contributed by atoms with van der Waals surface area (Å²) in [5.41, 5.74) is 4.55. The molecule has 0 aliphatic carbocycles. The van der Waals surface area contributed by atoms with Crippen LogP contribution in [0.3, 0.4) is 0 Å². The maximum Gasteiger partial charge on any atom is 0.272 e. The number of hydrogen-bond acceptors (Lipinski definition) is 3. The van der Waals surface area contributed by atoms with E-state index in [0.29, 0.717) is 36.8 Å². The Morgan fingerprint density at radius 3 is 2.56 bits per heavy atom. The van der Waals surface area contributed by atoms with E-state index in [9.17, 15) is 18.4 Å². The highest BCUT2D eigenvalue weighted by molar-refractivity contribution is 5.93. The predicted octanol–water partition coefficient (Wildman–Crippen LogP) is 5.68. The Hall–Kier alpha value is -4.53. The number of hydrogen-bond donors (Lipinski definition) is 2. The van der Waals surface area contributed by atoms with E-state index in [1.807, 2.05) is 30.5 Å². The topological polar surface area (TPSA) is 82.5 Å². The number of aromatic amines is 1. The summed E-state index contributed by atoms with van der Waals surface area (Å²) in [5.74, 6) is -0.664. The molecule has 5 aromatic rings. The second-order valence-electron chi connectivity index (χ2n) is 9.96. The van der Waals surface area contributed by atoms with E-state index in [1.54, 1.807) is 17.0 Å². The average Bonchev–Trinajstić information content (AvgIpc) is 3.55. The molecule has 2 amide bonds. The quantitative estimate of drug-likeness (QED) is 0.298. The molecule has 9 heteroatoms. The van der Waals surface area contributed by atoms with Crippen LogP contribution < -0.4 is 5.32 Å². The van der Waals surface area contributed by atoms with Crippen LogP contribution in [0, 0.1) is 11.6 Å². The molecule has 0 radical (unpaired) electrons. The second-order valence-corrected chi connectivity index (χ2v) is 9.96. The number of pyridine rings is 1. The number of nitrogens with one attached hydrogen (secondary N) is 2. The lowest BCUT2D eigenvalue weighted by Gasteiger charge is -2.32. The largest absolute Gasteiger partial charge is 0.361 e. The monoisotopic (exact) mass is 527 g/mol. The molecular weight excluding hydrogens is 500 g/mol. The zero-order valence-electron chi connectivity index (χ0n) is 21.2. The molecular formula is C30H27F2N5O2. The van der Waals surface area contributed by atoms with Crippen LogP contribution in [0.4, 0.5) is 14.5 Å². The van der Waals surface area contributed by atoms with Crippen molar-refractivity contribution in [2.24, 2.45) is 0 Å². The third-order valence-corrected chi connectivity index (χ3v) is 7.49. The van der Waals surface area contributed by atoms with Crippen molar-refractivity contribution in [1.82, 2.24) is 19.3 Å². The summed E-state index contributed by atoms with van der Waals surface area (Å²) in [4.78, 5) is 34.7. The first-order valence-electron chi connectivity index (χ1n) is 13.0. The van der Waals surface area contributed by atoms with Crippen molar-refractivity contribution in [1.29, 1.82) is 0 Å². The maximum absolute atomic E-state index is 13.7. The molecule has 2 aromatic carbocycles. The molecule has 0 unspecified atom stereocenters. The van der Waals surface area contributed by atoms with E-state index in [-0.39, 0.29) is 24.1 Å². The smallest absolute Gasteiger partial charge is 0.272 e. The molecule has 0 saturated carbocycles. The van der Waals surface area contributed by atoms with Crippen LogP contribution in [-0.2, 0) is 11.2 Å². The molecule has 2 N–H and O–H groups in total. The van der Waals surface area contributed by atoms with Gasteiger partial charge in [0.2, 0.25) is 5.91 Å². The number of imidazole rings is 1. The number of carbonyl (C=O) groups is 2. The van der Waals surface area contributed by atoms with E-state index in [4.69, 9.17) is 0 Å². The van der Waals surface area contributed by atoms with Crippen molar-refractivity contribution >= 4 is 34.1 Å². The number of amides is 2. The van der Waals surface area contributed by atoms with E-state index >= 15 is 0 Å². The standard InChI is InChI=1S/C30H27F2N5O2/c31-22-4-8-26-25(15-22)21(16-33-26)3-10-29(38)35-24-6-1-19(2-7-24)20-11-13-36(14-12-20)30(39)27-17-34-28-9-5-23(32)18-37(27)28/h1-2,4-9,15-18,20,33H,3,10-14H2,(H,35,38). The van der Waals surface area contributed by atoms with Gasteiger partial charge in [0.15, 0.2) is 0 Å². The molecule has 1 fully saturated rings. The number of rotatable bonds is 6. The number of carbonyl (C=O) groups excluding carboxylic acids is 2. The molecule has 0 bridgehead atoms. The van der Waals surface area contributed by atoms with Gasteiger partial charge in [-0.05, 0) is 78.8 Å². The molecule has 6 rings (SSSR count). The number of likely N-dealkylation sites (tertiary alicyclic amines) is 1. The molecule has 7 nitrogen and oxygen atoms in total. The third-order valence-electron chi connectivity index (χ3n) is 7.49. The van der Waals surface area contributed by atoms with Crippen molar-refractivity contribution < 1.29 is 18.4 Å². The normalized spacial score (nSPS) is 14.3. The van der Waals surface area contributed by atoms with E-state index in [1.165, 1.54) is 35.0 Å². The number of H-pyrrole nitrogens is 1. The predicted molar refractivity (Wildman–Crippen MR) is 145 cm³/mol. The van der Waals surface area contributed by atoms with E-state index in [0.717, 1.165) is 40.6 Å². The highest BCUT2D eigenvalue weighted by Gasteiger charge is 2.26. The minimum Gasteiger partial charge on any atom is -0.361 e. The Morgan fingerprint density at radius 1 is 1.00 bits per heavy atom. The number of anilines is 1. The molecule has 0 spiro atoms. The first-order chi connectivity index (χ1) is 18.9. The van der Waals surface area contributed by atoms with Crippen LogP contribution in [0.5, 0.6) is 0 Å². The van der Waals surface area contributed by atoms with Gasteiger partial charge < -0.3 is 15.2 Å². The fourth-order valence-corrected chi connectivity index (χ4v) is 5.36. The summed E-state index contributed by atoms with van der Waals surface area (Å²) < 4.78 is 28.8. The molecule has 1 saturated heterocycles. The number of aryl methyl sites for hydroxylation is 1. The van der Waals surface area contributed by atoms with Gasteiger partial charge in [-0.25, -0.2) is 13.8 Å². The Bertz CT molecular complexity index is 1670. The minimum atomic E-state index is -0.418. The number of halogens is 2. The lowest BCUT2D eigenvalue weighted by molar-refractivity contribution is -0.116.